The van der Waals surface area contributed by atoms with E-state index in [4.69, 9.17) is 4.74 Å². The Balaban J connectivity index is 0.000000654. The number of azo groups is 1. The van der Waals surface area contributed by atoms with Gasteiger partial charge in [-0.1, -0.05) is 13.0 Å². The number of rotatable bonds is 8. The molecule has 10 heteroatoms. The zero-order valence-electron chi connectivity index (χ0n) is 19.1. The van der Waals surface area contributed by atoms with Crippen LogP contribution in [0.3, 0.4) is 0 Å². The molecule has 0 unspecified atom stereocenters. The lowest BCUT2D eigenvalue weighted by Gasteiger charge is -2.32. The molecule has 1 N–H and O–H groups in total. The highest BCUT2D eigenvalue weighted by atomic mass is 19.4. The number of nitrogens with one attached hydrogen (secondary N) is 1. The Hall–Kier alpha value is -2.75. The Morgan fingerprint density at radius 3 is 2.69 bits per heavy atom. The Labute approximate surface area is 186 Å². The SMILES string of the molecule is C=CCN1CCCc2c1cc(C)c(N=Nc1n[nH]c(CCOC)n1)c2CC.CC(F)(F)F. The first-order chi connectivity index (χ1) is 15.2. The summed E-state index contributed by atoms with van der Waals surface area (Å²) < 4.78 is 36.1. The lowest BCUT2D eigenvalue weighted by atomic mass is 9.91. The minimum atomic E-state index is -4.00. The fourth-order valence-corrected chi connectivity index (χ4v) is 3.63. The van der Waals surface area contributed by atoms with Crippen LogP contribution in [0.2, 0.25) is 0 Å². The number of aryl methyl sites for hydroxylation is 1. The number of ether oxygens (including phenoxy) is 1. The number of aromatic nitrogens is 3. The first kappa shape index (κ1) is 25.5. The molecule has 0 atom stereocenters. The first-order valence-corrected chi connectivity index (χ1v) is 10.6. The lowest BCUT2D eigenvalue weighted by Crippen LogP contribution is -2.30. The van der Waals surface area contributed by atoms with Crippen molar-refractivity contribution in [2.24, 2.45) is 10.2 Å². The molecular formula is C22H31F3N6O. The fraction of sp³-hybridized carbons (Fsp3) is 0.545. The van der Waals surface area contributed by atoms with Gasteiger partial charge in [0.25, 0.3) is 5.95 Å². The van der Waals surface area contributed by atoms with Crippen molar-refractivity contribution in [2.45, 2.75) is 52.6 Å². The number of anilines is 1. The number of hydrogen-bond donors (Lipinski definition) is 1. The summed E-state index contributed by atoms with van der Waals surface area (Å²) in [5.41, 5.74) is 6.05. The van der Waals surface area contributed by atoms with Crippen LogP contribution >= 0.6 is 0 Å². The molecule has 2 heterocycles. The van der Waals surface area contributed by atoms with E-state index in [0.29, 0.717) is 19.0 Å². The highest BCUT2D eigenvalue weighted by Crippen LogP contribution is 2.38. The number of aromatic amines is 1. The molecular weight excluding hydrogens is 421 g/mol. The van der Waals surface area contributed by atoms with Crippen LogP contribution in [0.25, 0.3) is 0 Å². The molecule has 7 nitrogen and oxygen atoms in total. The standard InChI is InChI=1S/C20H28N6O.C2H3F3/c1-5-10-26-11-7-8-16-15(6-2)19(14(3)13-17(16)26)23-25-20-21-18(22-24-20)9-12-27-4;1-2(3,4)5/h5,13H,1,6-12H2,2-4H3,(H,21,22,24);1H3. The van der Waals surface area contributed by atoms with Crippen molar-refractivity contribution >= 4 is 17.3 Å². The Kier molecular flexibility index (Phi) is 9.37. The third-order valence-electron chi connectivity index (χ3n) is 4.89. The van der Waals surface area contributed by atoms with Crippen LogP contribution < -0.4 is 4.90 Å². The zero-order valence-corrected chi connectivity index (χ0v) is 19.1. The van der Waals surface area contributed by atoms with E-state index in [9.17, 15) is 13.2 Å². The average molecular weight is 453 g/mol. The van der Waals surface area contributed by atoms with Gasteiger partial charge in [-0.15, -0.1) is 21.9 Å². The molecule has 0 bridgehead atoms. The molecule has 1 aliphatic heterocycles. The number of halogens is 3. The molecule has 0 spiro atoms. The van der Waals surface area contributed by atoms with Crippen molar-refractivity contribution < 1.29 is 17.9 Å². The summed E-state index contributed by atoms with van der Waals surface area (Å²) in [6.07, 6.45) is 1.80. The van der Waals surface area contributed by atoms with E-state index in [1.165, 1.54) is 16.8 Å². The summed E-state index contributed by atoms with van der Waals surface area (Å²) in [5, 5.41) is 15.8. The van der Waals surface area contributed by atoms with E-state index in [1.54, 1.807) is 7.11 Å². The molecule has 1 aliphatic rings. The molecule has 0 fully saturated rings. The molecule has 0 saturated carbocycles. The van der Waals surface area contributed by atoms with Crippen molar-refractivity contribution in [3.8, 4) is 0 Å². The lowest BCUT2D eigenvalue weighted by molar-refractivity contribution is -0.110. The van der Waals surface area contributed by atoms with Gasteiger partial charge in [-0.05, 0) is 48.9 Å². The van der Waals surface area contributed by atoms with Crippen molar-refractivity contribution in [2.75, 3.05) is 31.7 Å². The van der Waals surface area contributed by atoms with Gasteiger partial charge >= 0.3 is 6.18 Å². The molecule has 1 aromatic carbocycles. The quantitative estimate of drug-likeness (QED) is 0.406. The maximum Gasteiger partial charge on any atom is 0.386 e. The molecule has 0 aliphatic carbocycles. The fourth-order valence-electron chi connectivity index (χ4n) is 3.63. The number of nitrogens with zero attached hydrogens (tertiary/aromatic N) is 5. The number of hydrogen-bond acceptors (Lipinski definition) is 6. The Morgan fingerprint density at radius 2 is 2.06 bits per heavy atom. The van der Waals surface area contributed by atoms with Gasteiger partial charge in [-0.3, -0.25) is 5.10 Å². The number of methoxy groups -OCH3 is 1. The minimum absolute atomic E-state index is 0.188. The monoisotopic (exact) mass is 452 g/mol. The van der Waals surface area contributed by atoms with E-state index in [2.05, 4.69) is 56.8 Å². The average Bonchev–Trinajstić information content (AvgIpc) is 3.17. The minimum Gasteiger partial charge on any atom is -0.384 e. The van der Waals surface area contributed by atoms with Crippen molar-refractivity contribution in [1.29, 1.82) is 0 Å². The van der Waals surface area contributed by atoms with E-state index >= 15 is 0 Å². The summed E-state index contributed by atoms with van der Waals surface area (Å²) in [7, 11) is 1.66. The normalized spacial score (nSPS) is 13.7. The molecule has 1 aromatic heterocycles. The highest BCUT2D eigenvalue weighted by molar-refractivity contribution is 5.69. The third kappa shape index (κ3) is 7.44. The second kappa shape index (κ2) is 11.8. The van der Waals surface area contributed by atoms with Crippen LogP contribution in [0, 0.1) is 6.92 Å². The van der Waals surface area contributed by atoms with Crippen LogP contribution in [0.4, 0.5) is 30.5 Å². The summed E-state index contributed by atoms with van der Waals surface area (Å²) in [5.74, 6) is 1.11. The summed E-state index contributed by atoms with van der Waals surface area (Å²) in [6.45, 7) is 10.9. The van der Waals surface area contributed by atoms with Gasteiger partial charge in [0, 0.05) is 39.2 Å². The van der Waals surface area contributed by atoms with Gasteiger partial charge in [0.15, 0.2) is 0 Å². The number of H-pyrrole nitrogens is 1. The second-order valence-electron chi connectivity index (χ2n) is 7.52. The second-order valence-corrected chi connectivity index (χ2v) is 7.52. The summed E-state index contributed by atoms with van der Waals surface area (Å²) >= 11 is 0. The van der Waals surface area contributed by atoms with Crippen LogP contribution in [0.5, 0.6) is 0 Å². The molecule has 0 radical (unpaired) electrons. The molecule has 0 saturated heterocycles. The molecule has 0 amide bonds. The van der Waals surface area contributed by atoms with E-state index in [1.807, 2.05) is 6.08 Å². The molecule has 32 heavy (non-hydrogen) atoms. The molecule has 3 rings (SSSR count). The van der Waals surface area contributed by atoms with Crippen LogP contribution in [0.15, 0.2) is 28.9 Å². The maximum atomic E-state index is 10.4. The Morgan fingerprint density at radius 1 is 1.34 bits per heavy atom. The highest BCUT2D eigenvalue weighted by Gasteiger charge is 2.22. The summed E-state index contributed by atoms with van der Waals surface area (Å²) in [6, 6.07) is 2.23. The van der Waals surface area contributed by atoms with Gasteiger partial charge in [0.05, 0.1) is 12.3 Å². The Bertz CT molecular complexity index is 917. The first-order valence-electron chi connectivity index (χ1n) is 10.6. The van der Waals surface area contributed by atoms with E-state index in [0.717, 1.165) is 49.4 Å². The van der Waals surface area contributed by atoms with Crippen molar-refractivity contribution in [3.63, 3.8) is 0 Å². The largest absolute Gasteiger partial charge is 0.386 e. The van der Waals surface area contributed by atoms with E-state index < -0.39 is 6.18 Å². The smallest absolute Gasteiger partial charge is 0.384 e. The number of fused-ring (bicyclic) bond motifs is 1. The summed E-state index contributed by atoms with van der Waals surface area (Å²) in [4.78, 5) is 6.74. The predicted molar refractivity (Wildman–Crippen MR) is 119 cm³/mol. The zero-order chi connectivity index (χ0) is 23.7. The van der Waals surface area contributed by atoms with Crippen LogP contribution in [-0.2, 0) is 24.0 Å². The number of benzene rings is 1. The maximum absolute atomic E-state index is 10.4. The van der Waals surface area contributed by atoms with Gasteiger partial charge in [-0.2, -0.15) is 18.2 Å². The molecule has 2 aromatic rings. The van der Waals surface area contributed by atoms with Gasteiger partial charge < -0.3 is 9.64 Å². The van der Waals surface area contributed by atoms with Crippen molar-refractivity contribution in [3.05, 3.63) is 41.2 Å². The van der Waals surface area contributed by atoms with Gasteiger partial charge in [-0.25, -0.2) is 0 Å². The van der Waals surface area contributed by atoms with Gasteiger partial charge in [0.1, 0.15) is 5.82 Å². The molecule has 176 valence electrons. The van der Waals surface area contributed by atoms with Crippen LogP contribution in [-0.4, -0.2) is 48.2 Å². The predicted octanol–water partition coefficient (Wildman–Crippen LogP) is 5.79. The van der Waals surface area contributed by atoms with Crippen LogP contribution in [0.1, 0.15) is 42.8 Å². The van der Waals surface area contributed by atoms with E-state index in [-0.39, 0.29) is 6.92 Å². The topological polar surface area (TPSA) is 78.8 Å². The number of alkyl halides is 3. The third-order valence-corrected chi connectivity index (χ3v) is 4.89. The van der Waals surface area contributed by atoms with Crippen molar-refractivity contribution in [1.82, 2.24) is 15.2 Å². The van der Waals surface area contributed by atoms with Gasteiger partial charge in [0.2, 0.25) is 0 Å².